The van der Waals surface area contributed by atoms with Crippen LogP contribution in [0, 0.1) is 0 Å². The van der Waals surface area contributed by atoms with Crippen LogP contribution in [-0.4, -0.2) is 154 Å². The molecule has 0 aliphatic rings. The molecular formula is C47H80N6O15. The van der Waals surface area contributed by atoms with E-state index >= 15 is 0 Å². The van der Waals surface area contributed by atoms with E-state index in [1.165, 1.54) is 6.20 Å². The lowest BCUT2D eigenvalue weighted by Gasteiger charge is -2.27. The smallest absolute Gasteiger partial charge is 0.329 e. The van der Waals surface area contributed by atoms with Gasteiger partial charge in [0.2, 0.25) is 5.91 Å². The molecule has 1 heterocycles. The first-order chi connectivity index (χ1) is 31.6. The Morgan fingerprint density at radius 1 is 0.529 bits per heavy atom. The Balaban J connectivity index is 2.25. The summed E-state index contributed by atoms with van der Waals surface area (Å²) in [7, 11) is 0. The molecule has 2 atom stereocenters. The lowest BCUT2D eigenvalue weighted by Crippen LogP contribution is -2.53. The maximum Gasteiger partial charge on any atom is 0.329 e. The average Bonchev–Trinajstić information content (AvgIpc) is 3.19. The zero-order valence-corrected chi connectivity index (χ0v) is 42.5. The molecule has 0 fully saturated rings. The Bertz CT molecular complexity index is 1700. The Hall–Kier alpha value is -5.12. The van der Waals surface area contributed by atoms with Gasteiger partial charge in [-0.1, -0.05) is 0 Å². The van der Waals surface area contributed by atoms with Gasteiger partial charge in [-0.3, -0.25) is 19.2 Å². The second-order valence-corrected chi connectivity index (χ2v) is 19.6. The third-order valence-electron chi connectivity index (χ3n) is 8.27. The van der Waals surface area contributed by atoms with Gasteiger partial charge < -0.3 is 64.5 Å². The lowest BCUT2D eigenvalue weighted by atomic mass is 10.1. The van der Waals surface area contributed by atoms with Crippen molar-refractivity contribution in [1.82, 2.24) is 26.3 Å². The van der Waals surface area contributed by atoms with E-state index in [-0.39, 0.29) is 50.6 Å². The number of carbonyl (C=O) groups excluding carboxylic acids is 7. The number of anilines is 1. The molecule has 0 saturated carbocycles. The Kier molecular flexibility index (Phi) is 27.8. The van der Waals surface area contributed by atoms with E-state index < -0.39 is 64.4 Å². The fourth-order valence-electron chi connectivity index (χ4n) is 5.48. The number of amides is 4. The first-order valence-electron chi connectivity index (χ1n) is 23.1. The number of aromatic nitrogens is 1. The molecule has 68 heavy (non-hydrogen) atoms. The van der Waals surface area contributed by atoms with Crippen LogP contribution in [0.1, 0.15) is 132 Å². The molecule has 0 aromatic carbocycles. The van der Waals surface area contributed by atoms with Crippen molar-refractivity contribution >= 4 is 47.5 Å². The molecule has 388 valence electrons. The number of hydrogen-bond acceptors (Lipinski definition) is 17. The van der Waals surface area contributed by atoms with Crippen LogP contribution in [0.4, 0.5) is 10.6 Å². The van der Waals surface area contributed by atoms with E-state index in [9.17, 15) is 33.6 Å². The van der Waals surface area contributed by atoms with Crippen LogP contribution < -0.4 is 26.6 Å². The fraction of sp³-hybridized carbons (Fsp3) is 0.745. The van der Waals surface area contributed by atoms with Gasteiger partial charge in [-0.15, -0.1) is 0 Å². The minimum Gasteiger partial charge on any atom is -0.460 e. The van der Waals surface area contributed by atoms with Gasteiger partial charge in [0.15, 0.2) is 0 Å². The average molecular weight is 969 g/mol. The standard InChI is InChI=1S/C47H80N6O15/c1-44(2,3)65-38(55)19-17-35(42(59)68-47(10,11)12)53-43(60)52-34(41(58)67-46(7,8)9)15-13-14-21-48-37(54)20-23-61-25-27-63-29-30-64-28-26-62-24-22-49-40(57)33-16-18-36(50-31-33)51-32-39(56)66-45(4,5)6/h16,18,31,34-35H,13-15,17,19-30,32H2,1-12H3,(H,48,54)(H,49,57)(H,50,51)(H2,52,53,60)/t34-,35-/m0/s1. The van der Waals surface area contributed by atoms with Gasteiger partial charge in [-0.2, -0.15) is 0 Å². The quantitative estimate of drug-likeness (QED) is 0.0397. The lowest BCUT2D eigenvalue weighted by molar-refractivity contribution is -0.159. The molecule has 0 aliphatic carbocycles. The number of carbonyl (C=O) groups is 7. The van der Waals surface area contributed by atoms with Crippen LogP contribution in [0.3, 0.4) is 0 Å². The van der Waals surface area contributed by atoms with Crippen molar-refractivity contribution in [1.29, 1.82) is 0 Å². The van der Waals surface area contributed by atoms with E-state index in [0.29, 0.717) is 83.6 Å². The summed E-state index contributed by atoms with van der Waals surface area (Å²) in [5.41, 5.74) is -2.63. The third-order valence-corrected chi connectivity index (χ3v) is 8.27. The molecule has 0 saturated heterocycles. The summed E-state index contributed by atoms with van der Waals surface area (Å²) in [4.78, 5) is 92.3. The van der Waals surface area contributed by atoms with Crippen LogP contribution in [0.5, 0.6) is 0 Å². The zero-order valence-electron chi connectivity index (χ0n) is 42.5. The molecule has 1 rings (SSSR count). The Morgan fingerprint density at radius 2 is 1.01 bits per heavy atom. The highest BCUT2D eigenvalue weighted by atomic mass is 16.6. The van der Waals surface area contributed by atoms with Crippen molar-refractivity contribution in [3.8, 4) is 0 Å². The monoisotopic (exact) mass is 969 g/mol. The normalized spacial score (nSPS) is 12.8. The second-order valence-electron chi connectivity index (χ2n) is 19.6. The summed E-state index contributed by atoms with van der Waals surface area (Å²) in [6.45, 7) is 23.7. The number of nitrogens with one attached hydrogen (secondary N) is 5. The number of rotatable bonds is 31. The summed E-state index contributed by atoms with van der Waals surface area (Å²) in [5.74, 6) is -2.43. The number of pyridine rings is 1. The third kappa shape index (κ3) is 33.4. The molecule has 21 nitrogen and oxygen atoms in total. The predicted octanol–water partition coefficient (Wildman–Crippen LogP) is 4.15. The summed E-state index contributed by atoms with van der Waals surface area (Å²) >= 11 is 0. The molecule has 0 unspecified atom stereocenters. The van der Waals surface area contributed by atoms with Crippen molar-refractivity contribution in [2.45, 2.75) is 156 Å². The summed E-state index contributed by atoms with van der Waals surface area (Å²) < 4.78 is 43.5. The maximum atomic E-state index is 13.2. The fourth-order valence-corrected chi connectivity index (χ4v) is 5.48. The number of nitrogens with zero attached hydrogens (tertiary/aromatic N) is 1. The first kappa shape index (κ1) is 60.9. The number of esters is 4. The van der Waals surface area contributed by atoms with Crippen LogP contribution >= 0.6 is 0 Å². The topological polar surface area (TPSA) is 266 Å². The van der Waals surface area contributed by atoms with E-state index in [4.69, 9.17) is 37.9 Å². The number of ether oxygens (including phenoxy) is 8. The van der Waals surface area contributed by atoms with E-state index in [0.717, 1.165) is 0 Å². The highest BCUT2D eigenvalue weighted by Gasteiger charge is 2.31. The van der Waals surface area contributed by atoms with Crippen LogP contribution in [0.15, 0.2) is 18.3 Å². The molecule has 1 aromatic rings. The minimum absolute atomic E-state index is 0.0427. The van der Waals surface area contributed by atoms with Gasteiger partial charge >= 0.3 is 29.9 Å². The SMILES string of the molecule is CC(C)(C)OC(=O)CC[C@H](NC(=O)N[C@@H](CCCCNC(=O)CCOCCOCCOCCOCCNC(=O)c1ccc(NCC(=O)OC(C)(C)C)nc1)C(=O)OC(C)(C)C)C(=O)OC(C)(C)C. The molecule has 0 spiro atoms. The van der Waals surface area contributed by atoms with Crippen molar-refractivity contribution < 1.29 is 71.5 Å². The second kappa shape index (κ2) is 31.1. The maximum absolute atomic E-state index is 13.2. The van der Waals surface area contributed by atoms with Gasteiger partial charge in [0.1, 0.15) is 46.9 Å². The molecule has 0 radical (unpaired) electrons. The van der Waals surface area contributed by atoms with Crippen molar-refractivity contribution in [3.63, 3.8) is 0 Å². The highest BCUT2D eigenvalue weighted by molar-refractivity contribution is 5.94. The summed E-state index contributed by atoms with van der Waals surface area (Å²) in [6.07, 6.45) is 2.43. The predicted molar refractivity (Wildman–Crippen MR) is 252 cm³/mol. The Morgan fingerprint density at radius 3 is 1.51 bits per heavy atom. The molecular weight excluding hydrogens is 889 g/mol. The number of urea groups is 1. The molecule has 4 amide bonds. The summed E-state index contributed by atoms with van der Waals surface area (Å²) in [5, 5.41) is 13.6. The zero-order chi connectivity index (χ0) is 51.4. The van der Waals surface area contributed by atoms with Crippen LogP contribution in [0.25, 0.3) is 0 Å². The van der Waals surface area contributed by atoms with Gasteiger partial charge in [-0.25, -0.2) is 19.4 Å². The van der Waals surface area contributed by atoms with Gasteiger partial charge in [-0.05, 0) is 121 Å². The van der Waals surface area contributed by atoms with E-state index in [1.54, 1.807) is 95.2 Å². The first-order valence-corrected chi connectivity index (χ1v) is 23.1. The highest BCUT2D eigenvalue weighted by Crippen LogP contribution is 2.15. The number of hydrogen-bond donors (Lipinski definition) is 5. The van der Waals surface area contributed by atoms with Gasteiger partial charge in [0.05, 0.1) is 58.4 Å². The van der Waals surface area contributed by atoms with Gasteiger partial charge in [0.25, 0.3) is 5.91 Å². The van der Waals surface area contributed by atoms with Crippen LogP contribution in [-0.2, 0) is 61.9 Å². The largest absolute Gasteiger partial charge is 0.460 e. The van der Waals surface area contributed by atoms with Crippen molar-refractivity contribution in [2.75, 3.05) is 77.8 Å². The molecule has 5 N–H and O–H groups in total. The van der Waals surface area contributed by atoms with E-state index in [1.807, 2.05) is 0 Å². The molecule has 0 bridgehead atoms. The van der Waals surface area contributed by atoms with Gasteiger partial charge in [0, 0.05) is 32.1 Å². The van der Waals surface area contributed by atoms with Crippen molar-refractivity contribution in [2.24, 2.45) is 0 Å². The summed E-state index contributed by atoms with van der Waals surface area (Å²) in [6, 6.07) is 0.120. The minimum atomic E-state index is -1.20. The molecule has 1 aromatic heterocycles. The molecule has 0 aliphatic heterocycles. The molecule has 21 heteroatoms. The van der Waals surface area contributed by atoms with Crippen LogP contribution in [0.2, 0.25) is 0 Å². The van der Waals surface area contributed by atoms with Crippen molar-refractivity contribution in [3.05, 3.63) is 23.9 Å². The number of unbranched alkanes of at least 4 members (excludes halogenated alkanes) is 1. The Labute approximate surface area is 402 Å². The van der Waals surface area contributed by atoms with E-state index in [2.05, 4.69) is 31.6 Å².